The largest absolute Gasteiger partial charge is 0.369 e. The molecule has 2 rings (SSSR count). The van der Waals surface area contributed by atoms with Gasteiger partial charge in [0.1, 0.15) is 0 Å². The highest BCUT2D eigenvalue weighted by Gasteiger charge is 2.23. The monoisotopic (exact) mass is 481 g/mol. The van der Waals surface area contributed by atoms with Gasteiger partial charge in [-0.05, 0) is 66.5 Å². The van der Waals surface area contributed by atoms with Crippen LogP contribution >= 0.6 is 31.9 Å². The Morgan fingerprint density at radius 1 is 1.38 bits per heavy atom. The third-order valence-corrected chi connectivity index (χ3v) is 6.97. The van der Waals surface area contributed by atoms with Crippen LogP contribution < -0.4 is 10.5 Å². The molecule has 9 heteroatoms. The number of nitrogens with two attached hydrogens (primary N) is 1. The molecular formula is C15H21Br2N3O3S. The van der Waals surface area contributed by atoms with Crippen LogP contribution in [-0.4, -0.2) is 45.4 Å². The van der Waals surface area contributed by atoms with Crippen LogP contribution in [0.1, 0.15) is 19.3 Å². The van der Waals surface area contributed by atoms with Gasteiger partial charge in [-0.3, -0.25) is 4.79 Å². The Bertz CT molecular complexity index is 697. The van der Waals surface area contributed by atoms with Crippen molar-refractivity contribution in [1.29, 1.82) is 0 Å². The normalized spacial score (nSPS) is 19.3. The summed E-state index contributed by atoms with van der Waals surface area (Å²) in [5.74, 6) is -0.338. The van der Waals surface area contributed by atoms with E-state index in [1.165, 1.54) is 0 Å². The number of halogens is 2. The number of carbonyl (C=O) groups excluding carboxylic acids is 1. The van der Waals surface area contributed by atoms with E-state index in [4.69, 9.17) is 5.73 Å². The fourth-order valence-electron chi connectivity index (χ4n) is 2.77. The molecule has 1 unspecified atom stereocenters. The van der Waals surface area contributed by atoms with E-state index in [2.05, 4.69) is 41.5 Å². The third kappa shape index (κ3) is 5.52. The summed E-state index contributed by atoms with van der Waals surface area (Å²) < 4.78 is 28.6. The molecule has 1 saturated heterocycles. The van der Waals surface area contributed by atoms with Gasteiger partial charge in [-0.25, -0.2) is 13.1 Å². The molecule has 6 nitrogen and oxygen atoms in total. The van der Waals surface area contributed by atoms with Crippen LogP contribution in [0.15, 0.2) is 32.0 Å². The van der Waals surface area contributed by atoms with Crippen LogP contribution in [0.4, 0.5) is 0 Å². The summed E-state index contributed by atoms with van der Waals surface area (Å²) in [6.07, 6.45) is 2.47. The average molecular weight is 483 g/mol. The van der Waals surface area contributed by atoms with Crippen molar-refractivity contribution in [3.05, 3.63) is 27.1 Å². The number of benzene rings is 1. The molecule has 0 aliphatic carbocycles. The van der Waals surface area contributed by atoms with Gasteiger partial charge < -0.3 is 10.6 Å². The molecule has 0 bridgehead atoms. The lowest BCUT2D eigenvalue weighted by Gasteiger charge is -2.31. The number of likely N-dealkylation sites (tertiary alicyclic amines) is 1. The zero-order chi connectivity index (χ0) is 17.7. The molecule has 3 N–H and O–H groups in total. The molecule has 1 fully saturated rings. The third-order valence-electron chi connectivity index (χ3n) is 4.03. The Balaban J connectivity index is 1.82. The highest BCUT2D eigenvalue weighted by atomic mass is 79.9. The maximum Gasteiger partial charge on any atom is 0.241 e. The van der Waals surface area contributed by atoms with E-state index in [1.807, 2.05) is 0 Å². The van der Waals surface area contributed by atoms with Gasteiger partial charge in [0.05, 0.1) is 10.8 Å². The fourth-order valence-corrected chi connectivity index (χ4v) is 5.59. The molecule has 0 spiro atoms. The van der Waals surface area contributed by atoms with E-state index >= 15 is 0 Å². The second kappa shape index (κ2) is 8.75. The van der Waals surface area contributed by atoms with E-state index in [1.54, 1.807) is 18.2 Å². The number of rotatable bonds is 7. The van der Waals surface area contributed by atoms with E-state index in [9.17, 15) is 13.2 Å². The van der Waals surface area contributed by atoms with Crippen molar-refractivity contribution >= 4 is 47.8 Å². The second-order valence-corrected chi connectivity index (χ2v) is 9.37. The Labute approximate surface area is 159 Å². The minimum absolute atomic E-state index is 0.0887. The number of nitrogens with one attached hydrogen (secondary N) is 1. The van der Waals surface area contributed by atoms with Gasteiger partial charge in [-0.15, -0.1) is 0 Å². The Morgan fingerprint density at radius 3 is 2.79 bits per heavy atom. The first-order chi connectivity index (χ1) is 11.3. The fraction of sp³-hybridized carbons (Fsp3) is 0.533. The highest BCUT2D eigenvalue weighted by molar-refractivity contribution is 9.11. The number of nitrogens with zero attached hydrogens (tertiary/aromatic N) is 1. The zero-order valence-corrected chi connectivity index (χ0v) is 17.2. The number of amides is 1. The summed E-state index contributed by atoms with van der Waals surface area (Å²) in [5, 5.41) is 0. The standard InChI is InChI=1S/C15H21Br2N3O3S/c16-12-4-5-14(13(17)9-12)24(22,23)19-6-2-8-20-7-1-3-11(10-20)15(18)21/h4-5,9,11,19H,1-3,6-8,10H2,(H2,18,21). The molecule has 1 aromatic carbocycles. The Morgan fingerprint density at radius 2 is 2.12 bits per heavy atom. The predicted octanol–water partition coefficient (Wildman–Crippen LogP) is 2.08. The minimum Gasteiger partial charge on any atom is -0.369 e. The number of hydrogen-bond donors (Lipinski definition) is 2. The van der Waals surface area contributed by atoms with Gasteiger partial charge in [0.2, 0.25) is 15.9 Å². The van der Waals surface area contributed by atoms with Crippen molar-refractivity contribution in [3.8, 4) is 0 Å². The van der Waals surface area contributed by atoms with Gasteiger partial charge in [0.25, 0.3) is 0 Å². The Hall–Kier alpha value is -0.480. The molecule has 1 aliphatic heterocycles. The zero-order valence-electron chi connectivity index (χ0n) is 13.2. The first kappa shape index (κ1) is 19.8. The van der Waals surface area contributed by atoms with Crippen molar-refractivity contribution < 1.29 is 13.2 Å². The number of sulfonamides is 1. The molecule has 1 aliphatic rings. The van der Waals surface area contributed by atoms with Crippen molar-refractivity contribution in [2.24, 2.45) is 11.7 Å². The van der Waals surface area contributed by atoms with Crippen LogP contribution in [-0.2, 0) is 14.8 Å². The van der Waals surface area contributed by atoms with E-state index in [0.29, 0.717) is 24.0 Å². The lowest BCUT2D eigenvalue weighted by Crippen LogP contribution is -2.42. The van der Waals surface area contributed by atoms with Crippen molar-refractivity contribution in [3.63, 3.8) is 0 Å². The summed E-state index contributed by atoms with van der Waals surface area (Å²) >= 11 is 6.58. The van der Waals surface area contributed by atoms with Crippen LogP contribution in [0, 0.1) is 5.92 Å². The number of piperidine rings is 1. The van der Waals surface area contributed by atoms with Crippen LogP contribution in [0.5, 0.6) is 0 Å². The maximum atomic E-state index is 12.3. The highest BCUT2D eigenvalue weighted by Crippen LogP contribution is 2.25. The van der Waals surface area contributed by atoms with Crippen LogP contribution in [0.2, 0.25) is 0 Å². The van der Waals surface area contributed by atoms with Gasteiger partial charge in [-0.1, -0.05) is 15.9 Å². The maximum absolute atomic E-state index is 12.3. The molecule has 1 amide bonds. The van der Waals surface area contributed by atoms with Crippen LogP contribution in [0.25, 0.3) is 0 Å². The lowest BCUT2D eigenvalue weighted by atomic mass is 9.97. The summed E-state index contributed by atoms with van der Waals surface area (Å²) in [6, 6.07) is 4.95. The predicted molar refractivity (Wildman–Crippen MR) is 100 cm³/mol. The average Bonchev–Trinajstić information content (AvgIpc) is 2.51. The van der Waals surface area contributed by atoms with E-state index in [0.717, 1.165) is 30.4 Å². The molecule has 0 saturated carbocycles. The first-order valence-corrected chi connectivity index (χ1v) is 10.8. The molecule has 134 valence electrons. The van der Waals surface area contributed by atoms with Crippen molar-refractivity contribution in [2.75, 3.05) is 26.2 Å². The molecule has 0 radical (unpaired) electrons. The van der Waals surface area contributed by atoms with Crippen molar-refractivity contribution in [2.45, 2.75) is 24.2 Å². The smallest absolute Gasteiger partial charge is 0.241 e. The SMILES string of the molecule is NC(=O)C1CCCN(CCCNS(=O)(=O)c2ccc(Br)cc2Br)C1. The van der Waals surface area contributed by atoms with Crippen molar-refractivity contribution in [1.82, 2.24) is 9.62 Å². The lowest BCUT2D eigenvalue weighted by molar-refractivity contribution is -0.123. The molecular weight excluding hydrogens is 462 g/mol. The van der Waals surface area contributed by atoms with Gasteiger partial charge in [0.15, 0.2) is 0 Å². The number of hydrogen-bond acceptors (Lipinski definition) is 4. The summed E-state index contributed by atoms with van der Waals surface area (Å²) in [4.78, 5) is 13.7. The number of primary amides is 1. The van der Waals surface area contributed by atoms with Gasteiger partial charge in [0, 0.05) is 22.0 Å². The molecule has 1 heterocycles. The summed E-state index contributed by atoms with van der Waals surface area (Å²) in [6.45, 7) is 2.69. The Kier molecular flexibility index (Phi) is 7.23. The summed E-state index contributed by atoms with van der Waals surface area (Å²) in [5.41, 5.74) is 5.37. The topological polar surface area (TPSA) is 92.5 Å². The van der Waals surface area contributed by atoms with E-state index < -0.39 is 10.0 Å². The second-order valence-electron chi connectivity index (χ2n) is 5.87. The molecule has 1 aromatic rings. The van der Waals surface area contributed by atoms with Gasteiger partial charge in [-0.2, -0.15) is 0 Å². The molecule has 0 aromatic heterocycles. The molecule has 1 atom stereocenters. The first-order valence-electron chi connectivity index (χ1n) is 7.76. The van der Waals surface area contributed by atoms with E-state index in [-0.39, 0.29) is 16.7 Å². The van der Waals surface area contributed by atoms with Crippen LogP contribution in [0.3, 0.4) is 0 Å². The minimum atomic E-state index is -3.55. The number of carbonyl (C=O) groups is 1. The quantitative estimate of drug-likeness (QED) is 0.582. The van der Waals surface area contributed by atoms with Gasteiger partial charge >= 0.3 is 0 Å². The summed E-state index contributed by atoms with van der Waals surface area (Å²) in [7, 11) is -3.55. The molecule has 24 heavy (non-hydrogen) atoms.